The molecule has 0 bridgehead atoms. The highest BCUT2D eigenvalue weighted by Gasteiger charge is 2.07. The maximum atomic E-state index is 13.2. The van der Waals surface area contributed by atoms with E-state index in [2.05, 4.69) is 9.97 Å². The second kappa shape index (κ2) is 5.89. The molecular formula is C16H10ClFN2O. The average molecular weight is 301 g/mol. The molecule has 0 saturated carbocycles. The molecule has 5 heteroatoms. The van der Waals surface area contributed by atoms with Gasteiger partial charge < -0.3 is 4.74 Å². The first kappa shape index (κ1) is 13.5. The van der Waals surface area contributed by atoms with Crippen LogP contribution in [0.1, 0.15) is 0 Å². The third-order valence-corrected chi connectivity index (χ3v) is 2.92. The summed E-state index contributed by atoms with van der Waals surface area (Å²) in [4.78, 5) is 8.45. The first-order valence-corrected chi connectivity index (χ1v) is 6.62. The summed E-state index contributed by atoms with van der Waals surface area (Å²) < 4.78 is 18.7. The Morgan fingerprint density at radius 3 is 2.48 bits per heavy atom. The molecule has 0 saturated heterocycles. The van der Waals surface area contributed by atoms with Crippen LogP contribution in [0.4, 0.5) is 4.39 Å². The van der Waals surface area contributed by atoms with Gasteiger partial charge in [0.2, 0.25) is 5.88 Å². The Balaban J connectivity index is 1.95. The molecule has 3 rings (SSSR count). The lowest BCUT2D eigenvalue weighted by Gasteiger charge is -2.07. The lowest BCUT2D eigenvalue weighted by atomic mass is 10.2. The summed E-state index contributed by atoms with van der Waals surface area (Å²) in [7, 11) is 0. The molecule has 3 nitrogen and oxygen atoms in total. The Kier molecular flexibility index (Phi) is 3.79. The summed E-state index contributed by atoms with van der Waals surface area (Å²) in [6.45, 7) is 0. The normalized spacial score (nSPS) is 10.4. The van der Waals surface area contributed by atoms with E-state index in [0.29, 0.717) is 11.6 Å². The third kappa shape index (κ3) is 3.35. The molecule has 0 radical (unpaired) electrons. The summed E-state index contributed by atoms with van der Waals surface area (Å²) in [5.74, 6) is 0.689. The van der Waals surface area contributed by atoms with Gasteiger partial charge in [0.05, 0.1) is 0 Å². The highest BCUT2D eigenvalue weighted by Crippen LogP contribution is 2.25. The molecule has 0 aliphatic rings. The van der Waals surface area contributed by atoms with Gasteiger partial charge in [0.15, 0.2) is 5.82 Å². The molecule has 1 aromatic heterocycles. The molecule has 0 fully saturated rings. The van der Waals surface area contributed by atoms with E-state index in [1.807, 2.05) is 30.3 Å². The highest BCUT2D eigenvalue weighted by atomic mass is 35.5. The Morgan fingerprint density at radius 1 is 0.905 bits per heavy atom. The lowest BCUT2D eigenvalue weighted by Crippen LogP contribution is -1.94. The molecule has 1 heterocycles. The van der Waals surface area contributed by atoms with Gasteiger partial charge in [-0.1, -0.05) is 48.0 Å². The monoisotopic (exact) mass is 300 g/mol. The van der Waals surface area contributed by atoms with Crippen LogP contribution in [0.15, 0.2) is 60.7 Å². The van der Waals surface area contributed by atoms with Crippen molar-refractivity contribution in [1.82, 2.24) is 9.97 Å². The highest BCUT2D eigenvalue weighted by molar-refractivity contribution is 6.29. The molecule has 0 unspecified atom stereocenters. The van der Waals surface area contributed by atoms with Gasteiger partial charge in [-0.25, -0.2) is 9.37 Å². The molecule has 3 aromatic rings. The molecule has 0 aliphatic carbocycles. The van der Waals surface area contributed by atoms with Crippen LogP contribution in [0.3, 0.4) is 0 Å². The fourth-order valence-electron chi connectivity index (χ4n) is 1.82. The van der Waals surface area contributed by atoms with E-state index in [4.69, 9.17) is 16.3 Å². The minimum Gasteiger partial charge on any atom is -0.439 e. The van der Waals surface area contributed by atoms with Crippen LogP contribution >= 0.6 is 11.6 Å². The van der Waals surface area contributed by atoms with E-state index in [1.165, 1.54) is 18.2 Å². The molecule has 0 atom stereocenters. The van der Waals surface area contributed by atoms with Gasteiger partial charge in [-0.3, -0.25) is 0 Å². The van der Waals surface area contributed by atoms with Crippen LogP contribution in [0.25, 0.3) is 11.4 Å². The predicted octanol–water partition coefficient (Wildman–Crippen LogP) is 4.73. The standard InChI is InChI=1S/C16H10ClFN2O/c17-14-10-15(21-13-8-4-7-12(18)9-13)20-16(19-14)11-5-2-1-3-6-11/h1-10H. The van der Waals surface area contributed by atoms with E-state index in [0.717, 1.165) is 5.56 Å². The van der Waals surface area contributed by atoms with Crippen molar-refractivity contribution < 1.29 is 9.13 Å². The minimum absolute atomic E-state index is 0.259. The number of rotatable bonds is 3. The number of ether oxygens (including phenoxy) is 1. The van der Waals surface area contributed by atoms with Crippen molar-refractivity contribution in [1.29, 1.82) is 0 Å². The van der Waals surface area contributed by atoms with Gasteiger partial charge in [-0.05, 0) is 12.1 Å². The van der Waals surface area contributed by atoms with Crippen LogP contribution < -0.4 is 4.74 Å². The van der Waals surface area contributed by atoms with Crippen LogP contribution in [-0.2, 0) is 0 Å². The van der Waals surface area contributed by atoms with E-state index < -0.39 is 0 Å². The van der Waals surface area contributed by atoms with Crippen molar-refractivity contribution in [3.8, 4) is 23.0 Å². The van der Waals surface area contributed by atoms with Gasteiger partial charge in [-0.15, -0.1) is 0 Å². The zero-order chi connectivity index (χ0) is 14.7. The van der Waals surface area contributed by atoms with Crippen molar-refractivity contribution in [3.63, 3.8) is 0 Å². The summed E-state index contributed by atoms with van der Waals surface area (Å²) in [6.07, 6.45) is 0. The van der Waals surface area contributed by atoms with Crippen LogP contribution in [0.5, 0.6) is 11.6 Å². The Hall–Kier alpha value is -2.46. The largest absolute Gasteiger partial charge is 0.439 e. The molecule has 0 spiro atoms. The number of aromatic nitrogens is 2. The van der Waals surface area contributed by atoms with E-state index in [-0.39, 0.29) is 16.9 Å². The van der Waals surface area contributed by atoms with E-state index in [9.17, 15) is 4.39 Å². The maximum Gasteiger partial charge on any atom is 0.224 e. The Morgan fingerprint density at radius 2 is 1.71 bits per heavy atom. The summed E-state index contributed by atoms with van der Waals surface area (Å²) in [5, 5.41) is 0.259. The fraction of sp³-hybridized carbons (Fsp3) is 0. The summed E-state index contributed by atoms with van der Waals surface area (Å²) in [5.41, 5.74) is 0.823. The minimum atomic E-state index is -0.379. The predicted molar refractivity (Wildman–Crippen MR) is 79.0 cm³/mol. The van der Waals surface area contributed by atoms with Gasteiger partial charge in [0.1, 0.15) is 16.7 Å². The topological polar surface area (TPSA) is 35.0 Å². The van der Waals surface area contributed by atoms with Crippen molar-refractivity contribution >= 4 is 11.6 Å². The van der Waals surface area contributed by atoms with Crippen molar-refractivity contribution in [2.75, 3.05) is 0 Å². The van der Waals surface area contributed by atoms with E-state index in [1.54, 1.807) is 12.1 Å². The number of nitrogens with zero attached hydrogens (tertiary/aromatic N) is 2. The summed E-state index contributed by atoms with van der Waals surface area (Å²) >= 11 is 5.99. The molecule has 0 amide bonds. The summed E-state index contributed by atoms with van der Waals surface area (Å²) in [6, 6.07) is 16.7. The molecule has 21 heavy (non-hydrogen) atoms. The zero-order valence-corrected chi connectivity index (χ0v) is 11.6. The zero-order valence-electron chi connectivity index (χ0n) is 10.8. The quantitative estimate of drug-likeness (QED) is 0.656. The second-order valence-corrected chi connectivity index (χ2v) is 4.67. The first-order chi connectivity index (χ1) is 10.2. The van der Waals surface area contributed by atoms with E-state index >= 15 is 0 Å². The maximum absolute atomic E-state index is 13.2. The van der Waals surface area contributed by atoms with Gasteiger partial charge >= 0.3 is 0 Å². The van der Waals surface area contributed by atoms with Crippen molar-refractivity contribution in [2.24, 2.45) is 0 Å². The first-order valence-electron chi connectivity index (χ1n) is 6.24. The van der Waals surface area contributed by atoms with Crippen LogP contribution in [0.2, 0.25) is 5.15 Å². The van der Waals surface area contributed by atoms with Crippen LogP contribution in [0, 0.1) is 5.82 Å². The van der Waals surface area contributed by atoms with Gasteiger partial charge in [0, 0.05) is 17.7 Å². The number of hydrogen-bond acceptors (Lipinski definition) is 3. The molecule has 0 N–H and O–H groups in total. The molecule has 104 valence electrons. The van der Waals surface area contributed by atoms with Gasteiger partial charge in [-0.2, -0.15) is 4.98 Å². The second-order valence-electron chi connectivity index (χ2n) is 4.28. The van der Waals surface area contributed by atoms with Gasteiger partial charge in [0.25, 0.3) is 0 Å². The molecule has 2 aromatic carbocycles. The molecular weight excluding hydrogens is 291 g/mol. The number of hydrogen-bond donors (Lipinski definition) is 0. The van der Waals surface area contributed by atoms with Crippen molar-refractivity contribution in [2.45, 2.75) is 0 Å². The lowest BCUT2D eigenvalue weighted by molar-refractivity contribution is 0.457. The third-order valence-electron chi connectivity index (χ3n) is 2.72. The fourth-order valence-corrected chi connectivity index (χ4v) is 1.99. The SMILES string of the molecule is Fc1cccc(Oc2cc(Cl)nc(-c3ccccc3)n2)c1. The average Bonchev–Trinajstić information content (AvgIpc) is 2.47. The Bertz CT molecular complexity index is 765. The van der Waals surface area contributed by atoms with Crippen LogP contribution in [-0.4, -0.2) is 9.97 Å². The van der Waals surface area contributed by atoms with Crippen molar-refractivity contribution in [3.05, 3.63) is 71.6 Å². The Labute approximate surface area is 126 Å². The smallest absolute Gasteiger partial charge is 0.224 e. The molecule has 0 aliphatic heterocycles. The number of benzene rings is 2. The number of halogens is 2.